The summed E-state index contributed by atoms with van der Waals surface area (Å²) in [6, 6.07) is 16.1. The third kappa shape index (κ3) is 2.47. The predicted molar refractivity (Wildman–Crippen MR) is 98.8 cm³/mol. The first-order chi connectivity index (χ1) is 12.6. The molecule has 0 aliphatic carbocycles. The van der Waals surface area contributed by atoms with Crippen molar-refractivity contribution in [1.82, 2.24) is 9.88 Å². The summed E-state index contributed by atoms with van der Waals surface area (Å²) in [7, 11) is 1.36. The molecule has 0 saturated heterocycles. The van der Waals surface area contributed by atoms with E-state index >= 15 is 0 Å². The quantitative estimate of drug-likeness (QED) is 0.721. The molecule has 132 valence electrons. The lowest BCUT2D eigenvalue weighted by Crippen LogP contribution is -2.50. The first-order valence-electron chi connectivity index (χ1n) is 8.67. The summed E-state index contributed by atoms with van der Waals surface area (Å²) in [5, 5.41) is 1.09. The molecular weight excluding hydrogens is 328 g/mol. The second-order valence-corrected chi connectivity index (χ2v) is 6.56. The largest absolute Gasteiger partial charge is 0.467 e. The molecule has 4 rings (SSSR count). The van der Waals surface area contributed by atoms with E-state index in [2.05, 4.69) is 4.98 Å². The van der Waals surface area contributed by atoms with Gasteiger partial charge in [0.25, 0.3) is 5.91 Å². The second kappa shape index (κ2) is 6.33. The number of amides is 1. The number of H-pyrrole nitrogens is 1. The molecule has 0 radical (unpaired) electrons. The van der Waals surface area contributed by atoms with Gasteiger partial charge in [0.15, 0.2) is 0 Å². The van der Waals surface area contributed by atoms with Crippen LogP contribution in [0.4, 0.5) is 0 Å². The van der Waals surface area contributed by atoms with Crippen molar-refractivity contribution in [2.24, 2.45) is 0 Å². The van der Waals surface area contributed by atoms with Gasteiger partial charge in [0.2, 0.25) is 0 Å². The van der Waals surface area contributed by atoms with Crippen molar-refractivity contribution in [3.8, 4) is 0 Å². The Hall–Kier alpha value is -3.08. The third-order valence-electron chi connectivity index (χ3n) is 5.14. The molecule has 2 heterocycles. The summed E-state index contributed by atoms with van der Waals surface area (Å²) in [6.45, 7) is 1.95. The van der Waals surface area contributed by atoms with Crippen LogP contribution in [0.3, 0.4) is 0 Å². The van der Waals surface area contributed by atoms with Crippen molar-refractivity contribution in [3.05, 3.63) is 71.4 Å². The van der Waals surface area contributed by atoms with Gasteiger partial charge < -0.3 is 14.6 Å². The highest BCUT2D eigenvalue weighted by Crippen LogP contribution is 2.38. The average molecular weight is 348 g/mol. The van der Waals surface area contributed by atoms with E-state index < -0.39 is 12.0 Å². The van der Waals surface area contributed by atoms with Gasteiger partial charge in [0, 0.05) is 28.6 Å². The minimum atomic E-state index is -0.644. The Bertz CT molecular complexity index is 977. The number of esters is 1. The van der Waals surface area contributed by atoms with Crippen molar-refractivity contribution in [1.29, 1.82) is 0 Å². The molecule has 1 N–H and O–H groups in total. The Morgan fingerprint density at radius 3 is 2.50 bits per heavy atom. The van der Waals surface area contributed by atoms with Crippen molar-refractivity contribution >= 4 is 22.8 Å². The van der Waals surface area contributed by atoms with Crippen LogP contribution in [0.5, 0.6) is 0 Å². The van der Waals surface area contributed by atoms with Crippen LogP contribution >= 0.6 is 0 Å². The molecule has 1 amide bonds. The van der Waals surface area contributed by atoms with Gasteiger partial charge >= 0.3 is 5.97 Å². The Balaban J connectivity index is 1.84. The number of ether oxygens (including phenoxy) is 1. The van der Waals surface area contributed by atoms with E-state index in [0.29, 0.717) is 12.0 Å². The Morgan fingerprint density at radius 2 is 1.77 bits per heavy atom. The maximum Gasteiger partial charge on any atom is 0.328 e. The molecule has 0 spiro atoms. The number of carbonyl (C=O) groups is 2. The van der Waals surface area contributed by atoms with E-state index in [-0.39, 0.29) is 11.9 Å². The highest BCUT2D eigenvalue weighted by molar-refractivity contribution is 5.98. The highest BCUT2D eigenvalue weighted by atomic mass is 16.5. The highest BCUT2D eigenvalue weighted by Gasteiger charge is 2.41. The number of hydrogen-bond donors (Lipinski definition) is 1. The molecule has 0 fully saturated rings. The minimum Gasteiger partial charge on any atom is -0.467 e. The first-order valence-corrected chi connectivity index (χ1v) is 8.67. The molecule has 3 aromatic rings. The fourth-order valence-electron chi connectivity index (χ4n) is 3.88. The van der Waals surface area contributed by atoms with Gasteiger partial charge in [-0.2, -0.15) is 0 Å². The summed E-state index contributed by atoms with van der Waals surface area (Å²) in [4.78, 5) is 30.7. The van der Waals surface area contributed by atoms with E-state index in [1.165, 1.54) is 7.11 Å². The molecule has 1 aliphatic heterocycles. The lowest BCUT2D eigenvalue weighted by Gasteiger charge is -2.39. The number of nitrogens with zero attached hydrogens (tertiary/aromatic N) is 1. The SMILES string of the molecule is COC(=O)[C@@H]1Cc2c([nH]c3ccccc23)C(C)N1C(=O)c1ccccc1. The monoisotopic (exact) mass is 348 g/mol. The first kappa shape index (κ1) is 16.4. The number of carbonyl (C=O) groups excluding carboxylic acids is 2. The van der Waals surface area contributed by atoms with Crippen LogP contribution < -0.4 is 0 Å². The van der Waals surface area contributed by atoms with E-state index in [9.17, 15) is 9.59 Å². The van der Waals surface area contributed by atoms with Gasteiger partial charge in [-0.05, 0) is 30.7 Å². The number of fused-ring (bicyclic) bond motifs is 3. The zero-order valence-corrected chi connectivity index (χ0v) is 14.7. The van der Waals surface area contributed by atoms with Crippen molar-refractivity contribution in [3.63, 3.8) is 0 Å². The van der Waals surface area contributed by atoms with Crippen LogP contribution in [-0.2, 0) is 16.0 Å². The van der Waals surface area contributed by atoms with E-state index in [0.717, 1.165) is 22.2 Å². The maximum absolute atomic E-state index is 13.2. The smallest absolute Gasteiger partial charge is 0.328 e. The molecule has 5 nitrogen and oxygen atoms in total. The van der Waals surface area contributed by atoms with Gasteiger partial charge in [-0.15, -0.1) is 0 Å². The Morgan fingerprint density at radius 1 is 1.08 bits per heavy atom. The van der Waals surface area contributed by atoms with Crippen LogP contribution in [-0.4, -0.2) is 34.9 Å². The van der Waals surface area contributed by atoms with Crippen LogP contribution in [0, 0.1) is 0 Å². The summed E-state index contributed by atoms with van der Waals surface area (Å²) >= 11 is 0. The summed E-state index contributed by atoms with van der Waals surface area (Å²) in [6.07, 6.45) is 0.439. The summed E-state index contributed by atoms with van der Waals surface area (Å²) in [5.74, 6) is -0.560. The van der Waals surface area contributed by atoms with Crippen LogP contribution in [0.2, 0.25) is 0 Å². The number of aromatic amines is 1. The second-order valence-electron chi connectivity index (χ2n) is 6.56. The lowest BCUT2D eigenvalue weighted by molar-refractivity contribution is -0.147. The van der Waals surface area contributed by atoms with Crippen LogP contribution in [0.15, 0.2) is 54.6 Å². The molecule has 0 saturated carbocycles. The average Bonchev–Trinajstić information content (AvgIpc) is 3.06. The minimum absolute atomic E-state index is 0.169. The molecule has 5 heteroatoms. The standard InChI is InChI=1S/C21H20N2O3/c1-13-19-16(15-10-6-7-11-17(15)22-19)12-18(21(25)26-2)23(13)20(24)14-8-4-3-5-9-14/h3-11,13,18,22H,12H2,1-2H3/t13?,18-/m0/s1. The van der Waals surface area contributed by atoms with Crippen molar-refractivity contribution in [2.45, 2.75) is 25.4 Å². The number of para-hydroxylation sites is 1. The molecule has 1 unspecified atom stereocenters. The third-order valence-corrected chi connectivity index (χ3v) is 5.14. The van der Waals surface area contributed by atoms with Crippen LogP contribution in [0.25, 0.3) is 10.9 Å². The number of nitrogens with one attached hydrogen (secondary N) is 1. The zero-order valence-electron chi connectivity index (χ0n) is 14.7. The maximum atomic E-state index is 13.2. The van der Waals surface area contributed by atoms with Gasteiger partial charge in [-0.25, -0.2) is 4.79 Å². The number of rotatable bonds is 2. The molecule has 2 aromatic carbocycles. The topological polar surface area (TPSA) is 62.4 Å². The lowest BCUT2D eigenvalue weighted by atomic mass is 9.91. The number of benzene rings is 2. The fourth-order valence-corrected chi connectivity index (χ4v) is 3.88. The molecule has 1 aromatic heterocycles. The molecule has 0 bridgehead atoms. The zero-order chi connectivity index (χ0) is 18.3. The van der Waals surface area contributed by atoms with Crippen molar-refractivity contribution in [2.75, 3.05) is 7.11 Å². The van der Waals surface area contributed by atoms with Gasteiger partial charge in [-0.3, -0.25) is 4.79 Å². The summed E-state index contributed by atoms with van der Waals surface area (Å²) < 4.78 is 5.01. The van der Waals surface area contributed by atoms with Gasteiger partial charge in [0.1, 0.15) is 6.04 Å². The molecule has 2 atom stereocenters. The molecule has 26 heavy (non-hydrogen) atoms. The fraction of sp³-hybridized carbons (Fsp3) is 0.238. The van der Waals surface area contributed by atoms with Crippen molar-refractivity contribution < 1.29 is 14.3 Å². The van der Waals surface area contributed by atoms with Gasteiger partial charge in [-0.1, -0.05) is 36.4 Å². The summed E-state index contributed by atoms with van der Waals surface area (Å²) in [5.41, 5.74) is 3.64. The van der Waals surface area contributed by atoms with Gasteiger partial charge in [0.05, 0.1) is 13.2 Å². The Kier molecular flexibility index (Phi) is 3.99. The molecule has 1 aliphatic rings. The number of methoxy groups -OCH3 is 1. The van der Waals surface area contributed by atoms with E-state index in [4.69, 9.17) is 4.74 Å². The van der Waals surface area contributed by atoms with Crippen LogP contribution in [0.1, 0.15) is 34.6 Å². The number of hydrogen-bond acceptors (Lipinski definition) is 3. The molecular formula is C21H20N2O3. The van der Waals surface area contributed by atoms with E-state index in [1.807, 2.05) is 49.4 Å². The normalized spacial score (nSPS) is 19.2. The number of aromatic nitrogens is 1. The predicted octanol–water partition coefficient (Wildman–Crippen LogP) is 3.47. The van der Waals surface area contributed by atoms with E-state index in [1.54, 1.807) is 17.0 Å². The Labute approximate surface area is 151 Å².